The Morgan fingerprint density at radius 3 is 2.39 bits per heavy atom. The molecule has 2 aromatic carbocycles. The molecule has 0 aliphatic carbocycles. The van der Waals surface area contributed by atoms with E-state index in [1.54, 1.807) is 7.11 Å². The molecule has 0 bridgehead atoms. The van der Waals surface area contributed by atoms with Crippen LogP contribution in [0.1, 0.15) is 49.3 Å². The van der Waals surface area contributed by atoms with Crippen LogP contribution in [0.4, 0.5) is 0 Å². The van der Waals surface area contributed by atoms with Gasteiger partial charge in [0, 0.05) is 32.1 Å². The van der Waals surface area contributed by atoms with Crippen LogP contribution in [0.2, 0.25) is 0 Å². The van der Waals surface area contributed by atoms with Crippen LogP contribution in [0.15, 0.2) is 48.5 Å². The van der Waals surface area contributed by atoms with E-state index in [1.807, 2.05) is 12.1 Å². The number of ether oxygens (including phenoxy) is 1. The first kappa shape index (κ1) is 23.8. The number of carbonyl (C=O) groups is 1. The standard InChI is InChI=1S/C28H39N3O2/c1-22-6-5-13-31(19-22)21-24-8-3-7-23(16-24)18-29-28(32)26-11-14-30(15-12-26)20-25-9-4-10-27(17-25)33-2/h3-4,7-10,16-17,22,26H,5-6,11-15,18-21H2,1-2H3,(H,29,32). The Kier molecular flexibility index (Phi) is 8.40. The van der Waals surface area contributed by atoms with Gasteiger partial charge in [-0.3, -0.25) is 14.6 Å². The van der Waals surface area contributed by atoms with Crippen molar-refractivity contribution >= 4 is 5.91 Å². The molecule has 0 saturated carbocycles. The van der Waals surface area contributed by atoms with Crippen LogP contribution in [0, 0.1) is 11.8 Å². The lowest BCUT2D eigenvalue weighted by Crippen LogP contribution is -2.40. The largest absolute Gasteiger partial charge is 0.497 e. The second-order valence-electron chi connectivity index (χ2n) is 9.92. The van der Waals surface area contributed by atoms with Crippen molar-refractivity contribution in [2.24, 2.45) is 11.8 Å². The zero-order valence-corrected chi connectivity index (χ0v) is 20.3. The van der Waals surface area contributed by atoms with Crippen molar-refractivity contribution in [2.75, 3.05) is 33.3 Å². The second-order valence-corrected chi connectivity index (χ2v) is 9.92. The Hall–Kier alpha value is -2.37. The highest BCUT2D eigenvalue weighted by Crippen LogP contribution is 2.22. The van der Waals surface area contributed by atoms with Gasteiger partial charge in [0.05, 0.1) is 7.11 Å². The third-order valence-electron chi connectivity index (χ3n) is 7.10. The van der Waals surface area contributed by atoms with E-state index in [2.05, 4.69) is 58.4 Å². The van der Waals surface area contributed by atoms with Crippen molar-refractivity contribution in [1.82, 2.24) is 15.1 Å². The molecule has 1 unspecified atom stereocenters. The minimum Gasteiger partial charge on any atom is -0.497 e. The monoisotopic (exact) mass is 449 g/mol. The molecule has 2 aliphatic rings. The van der Waals surface area contributed by atoms with Crippen LogP contribution in [-0.4, -0.2) is 49.0 Å². The Morgan fingerprint density at radius 2 is 1.64 bits per heavy atom. The zero-order valence-electron chi connectivity index (χ0n) is 20.3. The number of rotatable bonds is 8. The quantitative estimate of drug-likeness (QED) is 0.647. The SMILES string of the molecule is COc1cccc(CN2CCC(C(=O)NCc3cccc(CN4CCCC(C)C4)c3)CC2)c1. The maximum Gasteiger partial charge on any atom is 0.223 e. The number of nitrogens with one attached hydrogen (secondary N) is 1. The molecule has 178 valence electrons. The van der Waals surface area contributed by atoms with E-state index < -0.39 is 0 Å². The molecule has 0 spiro atoms. The number of nitrogens with zero attached hydrogens (tertiary/aromatic N) is 2. The second kappa shape index (κ2) is 11.7. The van der Waals surface area contributed by atoms with Crippen molar-refractivity contribution < 1.29 is 9.53 Å². The highest BCUT2D eigenvalue weighted by atomic mass is 16.5. The minimum atomic E-state index is 0.115. The van der Waals surface area contributed by atoms with Crippen molar-refractivity contribution in [3.63, 3.8) is 0 Å². The number of hydrogen-bond acceptors (Lipinski definition) is 4. The lowest BCUT2D eigenvalue weighted by atomic mass is 9.95. The van der Waals surface area contributed by atoms with Gasteiger partial charge in [-0.15, -0.1) is 0 Å². The Morgan fingerprint density at radius 1 is 0.939 bits per heavy atom. The van der Waals surface area contributed by atoms with Crippen molar-refractivity contribution in [2.45, 2.75) is 52.2 Å². The van der Waals surface area contributed by atoms with Gasteiger partial charge in [0.25, 0.3) is 0 Å². The molecule has 1 atom stereocenters. The average Bonchev–Trinajstić information content (AvgIpc) is 2.83. The van der Waals surface area contributed by atoms with Crippen LogP contribution in [0.3, 0.4) is 0 Å². The molecule has 2 saturated heterocycles. The maximum absolute atomic E-state index is 12.8. The predicted molar refractivity (Wildman–Crippen MR) is 133 cm³/mol. The highest BCUT2D eigenvalue weighted by molar-refractivity contribution is 5.78. The molecule has 2 heterocycles. The van der Waals surface area contributed by atoms with Crippen LogP contribution in [-0.2, 0) is 24.4 Å². The van der Waals surface area contributed by atoms with Gasteiger partial charge in [-0.2, -0.15) is 0 Å². The van der Waals surface area contributed by atoms with E-state index in [9.17, 15) is 4.79 Å². The Balaban J connectivity index is 1.21. The summed E-state index contributed by atoms with van der Waals surface area (Å²) in [6, 6.07) is 17.0. The first-order chi connectivity index (χ1) is 16.1. The van der Waals surface area contributed by atoms with Gasteiger partial charge < -0.3 is 10.1 Å². The lowest BCUT2D eigenvalue weighted by Gasteiger charge is -2.31. The summed E-state index contributed by atoms with van der Waals surface area (Å²) >= 11 is 0. The number of benzene rings is 2. The Bertz CT molecular complexity index is 908. The summed E-state index contributed by atoms with van der Waals surface area (Å²) in [6.07, 6.45) is 4.49. The number of likely N-dealkylation sites (tertiary alicyclic amines) is 2. The smallest absolute Gasteiger partial charge is 0.223 e. The van der Waals surface area contributed by atoms with Crippen LogP contribution in [0.25, 0.3) is 0 Å². The minimum absolute atomic E-state index is 0.115. The Labute approximate surface area is 199 Å². The average molecular weight is 450 g/mol. The molecule has 4 rings (SSSR count). The predicted octanol–water partition coefficient (Wildman–Crippen LogP) is 4.46. The van der Waals surface area contributed by atoms with E-state index in [-0.39, 0.29) is 11.8 Å². The van der Waals surface area contributed by atoms with Gasteiger partial charge in [0.2, 0.25) is 5.91 Å². The number of hydrogen-bond donors (Lipinski definition) is 1. The molecule has 33 heavy (non-hydrogen) atoms. The van der Waals surface area contributed by atoms with Gasteiger partial charge >= 0.3 is 0 Å². The normalized spacial score (nSPS) is 20.5. The molecule has 0 radical (unpaired) electrons. The van der Waals surface area contributed by atoms with Gasteiger partial charge in [-0.05, 0) is 80.1 Å². The summed E-state index contributed by atoms with van der Waals surface area (Å²) in [4.78, 5) is 17.8. The van der Waals surface area contributed by atoms with E-state index in [1.165, 1.54) is 42.6 Å². The van der Waals surface area contributed by atoms with Crippen LogP contribution < -0.4 is 10.1 Å². The maximum atomic E-state index is 12.8. The van der Waals surface area contributed by atoms with Crippen LogP contribution in [0.5, 0.6) is 5.75 Å². The fraction of sp³-hybridized carbons (Fsp3) is 0.536. The van der Waals surface area contributed by atoms with Gasteiger partial charge in [-0.25, -0.2) is 0 Å². The molecule has 5 nitrogen and oxygen atoms in total. The molecule has 2 aliphatic heterocycles. The van der Waals surface area contributed by atoms with E-state index in [4.69, 9.17) is 4.74 Å². The summed E-state index contributed by atoms with van der Waals surface area (Å²) in [6.45, 7) is 9.19. The summed E-state index contributed by atoms with van der Waals surface area (Å²) in [5.74, 6) is 2.01. The fourth-order valence-electron chi connectivity index (χ4n) is 5.24. The summed E-state index contributed by atoms with van der Waals surface area (Å²) < 4.78 is 5.33. The summed E-state index contributed by atoms with van der Waals surface area (Å²) in [5.41, 5.74) is 3.80. The third kappa shape index (κ3) is 7.05. The van der Waals surface area contributed by atoms with Gasteiger partial charge in [-0.1, -0.05) is 43.3 Å². The fourth-order valence-corrected chi connectivity index (χ4v) is 5.24. The molecule has 5 heteroatoms. The van der Waals surface area contributed by atoms with Crippen molar-refractivity contribution in [3.05, 3.63) is 65.2 Å². The molecule has 2 aromatic rings. The number of amides is 1. The number of piperidine rings is 2. The molecule has 1 amide bonds. The molecule has 1 N–H and O–H groups in total. The van der Waals surface area contributed by atoms with E-state index in [0.29, 0.717) is 6.54 Å². The first-order valence-corrected chi connectivity index (χ1v) is 12.5. The van der Waals surface area contributed by atoms with Gasteiger partial charge in [0.1, 0.15) is 5.75 Å². The molecule has 2 fully saturated rings. The molecular weight excluding hydrogens is 410 g/mol. The van der Waals surface area contributed by atoms with Crippen LogP contribution >= 0.6 is 0 Å². The molecular formula is C28H39N3O2. The van der Waals surface area contributed by atoms with Gasteiger partial charge in [0.15, 0.2) is 0 Å². The number of methoxy groups -OCH3 is 1. The lowest BCUT2D eigenvalue weighted by molar-refractivity contribution is -0.126. The summed E-state index contributed by atoms with van der Waals surface area (Å²) in [5, 5.41) is 3.20. The zero-order chi connectivity index (χ0) is 23.0. The molecule has 0 aromatic heterocycles. The first-order valence-electron chi connectivity index (χ1n) is 12.5. The van der Waals surface area contributed by atoms with E-state index >= 15 is 0 Å². The summed E-state index contributed by atoms with van der Waals surface area (Å²) in [7, 11) is 1.70. The topological polar surface area (TPSA) is 44.8 Å². The van der Waals surface area contributed by atoms with Crippen molar-refractivity contribution in [1.29, 1.82) is 0 Å². The highest BCUT2D eigenvalue weighted by Gasteiger charge is 2.25. The van der Waals surface area contributed by atoms with E-state index in [0.717, 1.165) is 50.7 Å². The number of carbonyl (C=O) groups excluding carboxylic acids is 1. The van der Waals surface area contributed by atoms with Crippen molar-refractivity contribution in [3.8, 4) is 5.75 Å². The third-order valence-corrected chi connectivity index (χ3v) is 7.10.